The van der Waals surface area contributed by atoms with Gasteiger partial charge in [-0.25, -0.2) is 4.79 Å². The third-order valence-corrected chi connectivity index (χ3v) is 3.95. The van der Waals surface area contributed by atoms with E-state index < -0.39 is 11.7 Å². The van der Waals surface area contributed by atoms with Crippen LogP contribution in [0.4, 0.5) is 4.79 Å². The SMILES string of the molecule is CC(NC(=O)OC(C)(C)C)C(CN)N(C)C1CCOC1C. The summed E-state index contributed by atoms with van der Waals surface area (Å²) < 4.78 is 10.9. The van der Waals surface area contributed by atoms with Gasteiger partial charge in [-0.1, -0.05) is 0 Å². The normalized spacial score (nSPS) is 25.7. The number of hydrogen-bond acceptors (Lipinski definition) is 5. The summed E-state index contributed by atoms with van der Waals surface area (Å²) in [5.41, 5.74) is 5.42. The topological polar surface area (TPSA) is 76.8 Å². The van der Waals surface area contributed by atoms with Crippen molar-refractivity contribution < 1.29 is 14.3 Å². The summed E-state index contributed by atoms with van der Waals surface area (Å²) in [6, 6.07) is 0.288. The molecule has 1 aliphatic heterocycles. The predicted molar refractivity (Wildman–Crippen MR) is 83.3 cm³/mol. The van der Waals surface area contributed by atoms with Crippen molar-refractivity contribution in [1.82, 2.24) is 10.2 Å². The Morgan fingerprint density at radius 3 is 2.57 bits per heavy atom. The number of nitrogens with one attached hydrogen (secondary N) is 1. The van der Waals surface area contributed by atoms with Gasteiger partial charge in [-0.05, 0) is 48.1 Å². The Morgan fingerprint density at radius 1 is 1.52 bits per heavy atom. The van der Waals surface area contributed by atoms with E-state index in [-0.39, 0.29) is 18.2 Å². The molecule has 0 radical (unpaired) electrons. The molecule has 6 nitrogen and oxygen atoms in total. The standard InChI is InChI=1S/C15H31N3O3/c1-10(17-14(19)21-15(3,4)5)13(9-16)18(6)12-7-8-20-11(12)2/h10-13H,7-9,16H2,1-6H3,(H,17,19). The summed E-state index contributed by atoms with van der Waals surface area (Å²) >= 11 is 0. The minimum atomic E-state index is -0.498. The molecule has 0 aromatic rings. The zero-order valence-electron chi connectivity index (χ0n) is 14.2. The smallest absolute Gasteiger partial charge is 0.407 e. The van der Waals surface area contributed by atoms with Gasteiger partial charge in [0.05, 0.1) is 6.10 Å². The van der Waals surface area contributed by atoms with Gasteiger partial charge < -0.3 is 20.5 Å². The average Bonchev–Trinajstić information content (AvgIpc) is 2.73. The lowest BCUT2D eigenvalue weighted by atomic mass is 10.0. The Kier molecular flexibility index (Phi) is 6.43. The van der Waals surface area contributed by atoms with Crippen LogP contribution in [0.3, 0.4) is 0 Å². The van der Waals surface area contributed by atoms with Crippen LogP contribution in [0.1, 0.15) is 41.0 Å². The number of nitrogens with two attached hydrogens (primary N) is 1. The molecule has 0 spiro atoms. The van der Waals surface area contributed by atoms with Crippen LogP contribution in [0.25, 0.3) is 0 Å². The van der Waals surface area contributed by atoms with E-state index in [0.29, 0.717) is 12.6 Å². The zero-order valence-corrected chi connectivity index (χ0v) is 14.2. The summed E-state index contributed by atoms with van der Waals surface area (Å²) in [5, 5.41) is 2.88. The van der Waals surface area contributed by atoms with Crippen molar-refractivity contribution in [3.8, 4) is 0 Å². The first-order valence-corrected chi connectivity index (χ1v) is 7.69. The van der Waals surface area contributed by atoms with Crippen molar-refractivity contribution in [3.05, 3.63) is 0 Å². The Morgan fingerprint density at radius 2 is 2.14 bits per heavy atom. The molecule has 0 bridgehead atoms. The molecule has 124 valence electrons. The summed E-state index contributed by atoms with van der Waals surface area (Å²) in [5.74, 6) is 0. The van der Waals surface area contributed by atoms with Crippen LogP contribution in [-0.4, -0.2) is 61.0 Å². The van der Waals surface area contributed by atoms with Crippen molar-refractivity contribution in [3.63, 3.8) is 0 Å². The second kappa shape index (κ2) is 7.42. The van der Waals surface area contributed by atoms with E-state index in [1.165, 1.54) is 0 Å². The third-order valence-electron chi connectivity index (χ3n) is 3.95. The summed E-state index contributed by atoms with van der Waals surface area (Å²) in [7, 11) is 2.04. The molecule has 1 heterocycles. The number of alkyl carbamates (subject to hydrolysis) is 1. The van der Waals surface area contributed by atoms with Gasteiger partial charge in [0.25, 0.3) is 0 Å². The fourth-order valence-corrected chi connectivity index (χ4v) is 2.81. The average molecular weight is 301 g/mol. The van der Waals surface area contributed by atoms with Gasteiger partial charge in [-0.15, -0.1) is 0 Å². The molecule has 0 aromatic carbocycles. The minimum absolute atomic E-state index is 0.0478. The lowest BCUT2D eigenvalue weighted by molar-refractivity contribution is 0.0411. The van der Waals surface area contributed by atoms with Crippen LogP contribution in [0.5, 0.6) is 0 Å². The quantitative estimate of drug-likeness (QED) is 0.801. The van der Waals surface area contributed by atoms with Gasteiger partial charge in [0, 0.05) is 31.3 Å². The van der Waals surface area contributed by atoms with Crippen molar-refractivity contribution in [2.24, 2.45) is 5.73 Å². The highest BCUT2D eigenvalue weighted by Gasteiger charge is 2.34. The van der Waals surface area contributed by atoms with Crippen LogP contribution in [-0.2, 0) is 9.47 Å². The van der Waals surface area contributed by atoms with Crippen molar-refractivity contribution in [1.29, 1.82) is 0 Å². The molecule has 4 unspecified atom stereocenters. The maximum absolute atomic E-state index is 11.9. The first-order valence-electron chi connectivity index (χ1n) is 7.69. The molecule has 1 rings (SSSR count). The summed E-state index contributed by atoms with van der Waals surface area (Å²) in [6.07, 6.45) is 0.781. The molecular weight excluding hydrogens is 270 g/mol. The van der Waals surface area contributed by atoms with Crippen LogP contribution in [0.2, 0.25) is 0 Å². The van der Waals surface area contributed by atoms with Crippen molar-refractivity contribution in [2.45, 2.75) is 70.9 Å². The van der Waals surface area contributed by atoms with Gasteiger partial charge in [0.15, 0.2) is 0 Å². The van der Waals surface area contributed by atoms with E-state index in [2.05, 4.69) is 17.1 Å². The second-order valence-electron chi connectivity index (χ2n) is 6.84. The molecule has 1 aliphatic rings. The molecular formula is C15H31N3O3. The first kappa shape index (κ1) is 18.2. The Bertz CT molecular complexity index is 344. The highest BCUT2D eigenvalue weighted by atomic mass is 16.6. The van der Waals surface area contributed by atoms with Crippen LogP contribution >= 0.6 is 0 Å². The third kappa shape index (κ3) is 5.45. The maximum atomic E-state index is 11.9. The van der Waals surface area contributed by atoms with Crippen molar-refractivity contribution in [2.75, 3.05) is 20.2 Å². The van der Waals surface area contributed by atoms with Gasteiger partial charge in [-0.3, -0.25) is 4.90 Å². The van der Waals surface area contributed by atoms with Gasteiger partial charge >= 0.3 is 6.09 Å². The Hall–Kier alpha value is -0.850. The fraction of sp³-hybridized carbons (Fsp3) is 0.933. The van der Waals surface area contributed by atoms with Crippen LogP contribution in [0.15, 0.2) is 0 Å². The molecule has 6 heteroatoms. The van der Waals surface area contributed by atoms with Gasteiger partial charge in [-0.2, -0.15) is 0 Å². The number of rotatable bonds is 5. The predicted octanol–water partition coefficient (Wildman–Crippen LogP) is 1.34. The number of nitrogens with zero attached hydrogens (tertiary/aromatic N) is 1. The number of likely N-dealkylation sites (N-methyl/N-ethyl adjacent to an activating group) is 1. The number of ether oxygens (including phenoxy) is 2. The molecule has 1 fully saturated rings. The second-order valence-corrected chi connectivity index (χ2v) is 6.84. The minimum Gasteiger partial charge on any atom is -0.444 e. The largest absolute Gasteiger partial charge is 0.444 e. The monoisotopic (exact) mass is 301 g/mol. The van der Waals surface area contributed by atoms with E-state index in [9.17, 15) is 4.79 Å². The highest BCUT2D eigenvalue weighted by molar-refractivity contribution is 5.68. The van der Waals surface area contributed by atoms with Gasteiger partial charge in [0.1, 0.15) is 5.60 Å². The van der Waals surface area contributed by atoms with E-state index in [0.717, 1.165) is 13.0 Å². The van der Waals surface area contributed by atoms with E-state index in [4.69, 9.17) is 15.2 Å². The maximum Gasteiger partial charge on any atom is 0.407 e. The molecule has 21 heavy (non-hydrogen) atoms. The van der Waals surface area contributed by atoms with Crippen LogP contribution < -0.4 is 11.1 Å². The molecule has 0 saturated carbocycles. The lowest BCUT2D eigenvalue weighted by Crippen LogP contribution is -2.57. The number of carbonyl (C=O) groups excluding carboxylic acids is 1. The zero-order chi connectivity index (χ0) is 16.2. The summed E-state index contributed by atoms with van der Waals surface area (Å²) in [4.78, 5) is 14.1. The Balaban J connectivity index is 2.60. The van der Waals surface area contributed by atoms with Crippen LogP contribution in [0, 0.1) is 0 Å². The van der Waals surface area contributed by atoms with E-state index in [1.54, 1.807) is 0 Å². The highest BCUT2D eigenvalue weighted by Crippen LogP contribution is 2.21. The molecule has 0 aromatic heterocycles. The van der Waals surface area contributed by atoms with E-state index >= 15 is 0 Å². The lowest BCUT2D eigenvalue weighted by Gasteiger charge is -2.37. The molecule has 1 saturated heterocycles. The number of amides is 1. The van der Waals surface area contributed by atoms with E-state index in [1.807, 2.05) is 34.7 Å². The summed E-state index contributed by atoms with van der Waals surface area (Å²) in [6.45, 7) is 10.8. The fourth-order valence-electron chi connectivity index (χ4n) is 2.81. The molecule has 1 amide bonds. The molecule has 0 aliphatic carbocycles. The van der Waals surface area contributed by atoms with Crippen molar-refractivity contribution >= 4 is 6.09 Å². The molecule has 4 atom stereocenters. The molecule has 3 N–H and O–H groups in total. The number of hydrogen-bond donors (Lipinski definition) is 2. The first-order chi connectivity index (χ1) is 9.65. The van der Waals surface area contributed by atoms with Gasteiger partial charge in [0.2, 0.25) is 0 Å². The Labute approximate surface area is 128 Å². The number of carbonyl (C=O) groups is 1.